The second-order valence-corrected chi connectivity index (χ2v) is 3.08. The van der Waals surface area contributed by atoms with Crippen molar-refractivity contribution in [3.8, 4) is 12.3 Å². The molecule has 3 nitrogen and oxygen atoms in total. The zero-order valence-electron chi connectivity index (χ0n) is 8.60. The summed E-state index contributed by atoms with van der Waals surface area (Å²) in [6, 6.07) is 1.65. The first-order valence-electron chi connectivity index (χ1n) is 4.47. The highest BCUT2D eigenvalue weighted by atomic mass is 16.2. The number of nitrogens with zero attached hydrogens (tertiary/aromatic N) is 2. The molecule has 15 heavy (non-hydrogen) atoms. The van der Waals surface area contributed by atoms with Crippen LogP contribution in [0.1, 0.15) is 15.9 Å². The standard InChI is InChI=1S/C12H12N2O/c1-4-6-14(3)12(15)11-7-10(5-2)8-13-9-11/h2,4,7-9H,1,6H2,3H3. The molecule has 1 aromatic heterocycles. The van der Waals surface area contributed by atoms with E-state index >= 15 is 0 Å². The van der Waals surface area contributed by atoms with Gasteiger partial charge in [0.2, 0.25) is 0 Å². The van der Waals surface area contributed by atoms with Crippen molar-refractivity contribution in [3.63, 3.8) is 0 Å². The molecule has 1 rings (SSSR count). The molecule has 1 aromatic rings. The van der Waals surface area contributed by atoms with E-state index in [4.69, 9.17) is 6.42 Å². The van der Waals surface area contributed by atoms with Crippen LogP contribution >= 0.6 is 0 Å². The quantitative estimate of drug-likeness (QED) is 0.544. The Morgan fingerprint density at radius 2 is 2.47 bits per heavy atom. The first kappa shape index (κ1) is 11.0. The number of rotatable bonds is 3. The summed E-state index contributed by atoms with van der Waals surface area (Å²) in [6.45, 7) is 4.07. The lowest BCUT2D eigenvalue weighted by molar-refractivity contribution is 0.0810. The molecule has 0 aromatic carbocycles. The average Bonchev–Trinajstić information content (AvgIpc) is 2.28. The van der Waals surface area contributed by atoms with Crippen LogP contribution in [0.2, 0.25) is 0 Å². The van der Waals surface area contributed by atoms with Crippen LogP contribution in [0.15, 0.2) is 31.1 Å². The van der Waals surface area contributed by atoms with Crippen molar-refractivity contribution in [1.29, 1.82) is 0 Å². The Morgan fingerprint density at radius 3 is 3.07 bits per heavy atom. The zero-order valence-corrected chi connectivity index (χ0v) is 8.60. The third-order valence-corrected chi connectivity index (χ3v) is 1.90. The van der Waals surface area contributed by atoms with Gasteiger partial charge in [0.1, 0.15) is 0 Å². The normalized spacial score (nSPS) is 9.07. The predicted octanol–water partition coefficient (Wildman–Crippen LogP) is 1.32. The molecular weight excluding hydrogens is 188 g/mol. The Balaban J connectivity index is 2.91. The smallest absolute Gasteiger partial charge is 0.255 e. The van der Waals surface area contributed by atoms with E-state index in [-0.39, 0.29) is 5.91 Å². The Kier molecular flexibility index (Phi) is 3.64. The van der Waals surface area contributed by atoms with E-state index in [1.807, 2.05) is 0 Å². The van der Waals surface area contributed by atoms with E-state index in [2.05, 4.69) is 17.5 Å². The molecule has 1 amide bonds. The van der Waals surface area contributed by atoms with Crippen LogP contribution in [0.4, 0.5) is 0 Å². The molecule has 0 bridgehead atoms. The number of hydrogen-bond donors (Lipinski definition) is 0. The van der Waals surface area contributed by atoms with Crippen molar-refractivity contribution in [2.45, 2.75) is 0 Å². The van der Waals surface area contributed by atoms with Crippen LogP contribution in [0, 0.1) is 12.3 Å². The lowest BCUT2D eigenvalue weighted by Gasteiger charge is -2.14. The van der Waals surface area contributed by atoms with Gasteiger partial charge in [-0.15, -0.1) is 13.0 Å². The van der Waals surface area contributed by atoms with Crippen LogP contribution in [-0.4, -0.2) is 29.4 Å². The third kappa shape index (κ3) is 2.68. The molecule has 0 aliphatic carbocycles. The molecule has 0 atom stereocenters. The monoisotopic (exact) mass is 200 g/mol. The van der Waals surface area contributed by atoms with Gasteiger partial charge in [-0.3, -0.25) is 9.78 Å². The Labute approximate surface area is 89.4 Å². The number of pyridine rings is 1. The number of amides is 1. The van der Waals surface area contributed by atoms with Gasteiger partial charge in [0.05, 0.1) is 5.56 Å². The summed E-state index contributed by atoms with van der Waals surface area (Å²) >= 11 is 0. The molecule has 3 heteroatoms. The van der Waals surface area contributed by atoms with E-state index in [1.54, 1.807) is 30.3 Å². The highest BCUT2D eigenvalue weighted by Gasteiger charge is 2.10. The Morgan fingerprint density at radius 1 is 1.73 bits per heavy atom. The molecule has 0 unspecified atom stereocenters. The summed E-state index contributed by atoms with van der Waals surface area (Å²) in [5.74, 6) is 2.33. The van der Waals surface area contributed by atoms with Gasteiger partial charge in [0.25, 0.3) is 5.91 Å². The first-order valence-corrected chi connectivity index (χ1v) is 4.47. The minimum atomic E-state index is -0.112. The maximum atomic E-state index is 11.8. The molecule has 0 fully saturated rings. The fraction of sp³-hybridized carbons (Fsp3) is 0.167. The van der Waals surface area contributed by atoms with Gasteiger partial charge in [-0.25, -0.2) is 0 Å². The maximum absolute atomic E-state index is 11.8. The fourth-order valence-corrected chi connectivity index (χ4v) is 1.13. The van der Waals surface area contributed by atoms with Crippen molar-refractivity contribution in [3.05, 3.63) is 42.2 Å². The molecule has 0 radical (unpaired) electrons. The molecule has 0 spiro atoms. The van der Waals surface area contributed by atoms with E-state index < -0.39 is 0 Å². The van der Waals surface area contributed by atoms with Crippen molar-refractivity contribution >= 4 is 5.91 Å². The molecule has 0 aliphatic rings. The van der Waals surface area contributed by atoms with Crippen molar-refractivity contribution in [2.24, 2.45) is 0 Å². The van der Waals surface area contributed by atoms with Gasteiger partial charge in [0, 0.05) is 31.5 Å². The van der Waals surface area contributed by atoms with Gasteiger partial charge < -0.3 is 4.90 Å². The molecule has 1 heterocycles. The predicted molar refractivity (Wildman–Crippen MR) is 59.3 cm³/mol. The highest BCUT2D eigenvalue weighted by molar-refractivity contribution is 5.94. The SMILES string of the molecule is C#Cc1cncc(C(=O)N(C)CC=C)c1. The molecule has 76 valence electrons. The number of hydrogen-bond acceptors (Lipinski definition) is 2. The summed E-state index contributed by atoms with van der Waals surface area (Å²) < 4.78 is 0. The second kappa shape index (κ2) is 4.97. The van der Waals surface area contributed by atoms with E-state index in [0.717, 1.165) is 0 Å². The molecule has 0 aliphatic heterocycles. The third-order valence-electron chi connectivity index (χ3n) is 1.90. The summed E-state index contributed by atoms with van der Waals surface area (Å²) in [5.41, 5.74) is 1.10. The minimum absolute atomic E-state index is 0.112. The van der Waals surface area contributed by atoms with Gasteiger partial charge >= 0.3 is 0 Å². The van der Waals surface area contributed by atoms with Crippen molar-refractivity contribution < 1.29 is 4.79 Å². The van der Waals surface area contributed by atoms with Gasteiger partial charge in [-0.1, -0.05) is 12.0 Å². The average molecular weight is 200 g/mol. The lowest BCUT2D eigenvalue weighted by atomic mass is 10.2. The van der Waals surface area contributed by atoms with Crippen molar-refractivity contribution in [1.82, 2.24) is 9.88 Å². The minimum Gasteiger partial charge on any atom is -0.338 e. The summed E-state index contributed by atoms with van der Waals surface area (Å²) in [4.78, 5) is 17.2. The van der Waals surface area contributed by atoms with E-state index in [0.29, 0.717) is 17.7 Å². The van der Waals surface area contributed by atoms with Crippen LogP contribution in [0.3, 0.4) is 0 Å². The number of carbonyl (C=O) groups is 1. The first-order chi connectivity index (χ1) is 7.19. The second-order valence-electron chi connectivity index (χ2n) is 3.08. The van der Waals surface area contributed by atoms with Crippen molar-refractivity contribution in [2.75, 3.05) is 13.6 Å². The molecule has 0 saturated carbocycles. The van der Waals surface area contributed by atoms with E-state index in [9.17, 15) is 4.79 Å². The topological polar surface area (TPSA) is 33.2 Å². The number of aromatic nitrogens is 1. The number of terminal acetylenes is 1. The Bertz CT molecular complexity index is 418. The largest absolute Gasteiger partial charge is 0.338 e. The molecule has 0 N–H and O–H groups in total. The lowest BCUT2D eigenvalue weighted by Crippen LogP contribution is -2.26. The van der Waals surface area contributed by atoms with Gasteiger partial charge in [0.15, 0.2) is 0 Å². The maximum Gasteiger partial charge on any atom is 0.255 e. The summed E-state index contributed by atoms with van der Waals surface area (Å²) in [7, 11) is 1.70. The zero-order chi connectivity index (χ0) is 11.3. The Hall–Kier alpha value is -2.08. The van der Waals surface area contributed by atoms with Crippen LogP contribution in [-0.2, 0) is 0 Å². The van der Waals surface area contributed by atoms with Gasteiger partial charge in [-0.2, -0.15) is 0 Å². The summed E-state index contributed by atoms with van der Waals surface area (Å²) in [6.07, 6.45) is 9.93. The van der Waals surface area contributed by atoms with Crippen LogP contribution in [0.25, 0.3) is 0 Å². The van der Waals surface area contributed by atoms with Crippen LogP contribution < -0.4 is 0 Å². The fourth-order valence-electron chi connectivity index (χ4n) is 1.13. The molecule has 0 saturated heterocycles. The van der Waals surface area contributed by atoms with Crippen LogP contribution in [0.5, 0.6) is 0 Å². The van der Waals surface area contributed by atoms with E-state index in [1.165, 1.54) is 6.20 Å². The number of likely N-dealkylation sites (N-methyl/N-ethyl adjacent to an activating group) is 1. The summed E-state index contributed by atoms with van der Waals surface area (Å²) in [5, 5.41) is 0. The number of carbonyl (C=O) groups excluding carboxylic acids is 1. The molecular formula is C12H12N2O. The highest BCUT2D eigenvalue weighted by Crippen LogP contribution is 2.04. The van der Waals surface area contributed by atoms with Gasteiger partial charge in [-0.05, 0) is 6.07 Å².